The number of methoxy groups -OCH3 is 2. The van der Waals surface area contributed by atoms with E-state index in [1.54, 1.807) is 18.2 Å². The quantitative estimate of drug-likeness (QED) is 0.734. The van der Waals surface area contributed by atoms with Crippen LogP contribution in [-0.2, 0) is 9.59 Å². The lowest BCUT2D eigenvalue weighted by Gasteiger charge is -2.16. The Morgan fingerprint density at radius 1 is 0.941 bits per heavy atom. The molecular formula is C12H11NO4. The molecule has 0 saturated heterocycles. The van der Waals surface area contributed by atoms with Crippen LogP contribution in [0.2, 0.25) is 0 Å². The van der Waals surface area contributed by atoms with Crippen LogP contribution >= 0.6 is 0 Å². The van der Waals surface area contributed by atoms with E-state index in [-0.39, 0.29) is 11.8 Å². The highest BCUT2D eigenvalue weighted by Gasteiger charge is 2.25. The van der Waals surface area contributed by atoms with Gasteiger partial charge >= 0.3 is 0 Å². The van der Waals surface area contributed by atoms with Gasteiger partial charge in [0.25, 0.3) is 11.8 Å². The lowest BCUT2D eigenvalue weighted by Crippen LogP contribution is -2.29. The van der Waals surface area contributed by atoms with Crippen molar-refractivity contribution in [1.82, 2.24) is 0 Å². The van der Waals surface area contributed by atoms with Gasteiger partial charge < -0.3 is 9.47 Å². The standard InChI is InChI=1S/C12H11NO4/c1-16-9-4-3-8(7-10(9)17-2)13-11(14)5-6-12(13)15/h3-7H,1-2H3. The van der Waals surface area contributed by atoms with Crippen LogP contribution in [0.3, 0.4) is 0 Å². The smallest absolute Gasteiger partial charge is 0.258 e. The maximum absolute atomic E-state index is 11.5. The number of hydrogen-bond acceptors (Lipinski definition) is 4. The molecule has 1 aliphatic heterocycles. The van der Waals surface area contributed by atoms with Crippen molar-refractivity contribution in [2.24, 2.45) is 0 Å². The first-order valence-corrected chi connectivity index (χ1v) is 4.95. The third kappa shape index (κ3) is 1.87. The van der Waals surface area contributed by atoms with Crippen molar-refractivity contribution in [1.29, 1.82) is 0 Å². The van der Waals surface area contributed by atoms with Gasteiger partial charge in [0.05, 0.1) is 19.9 Å². The van der Waals surface area contributed by atoms with Crippen LogP contribution in [-0.4, -0.2) is 26.0 Å². The van der Waals surface area contributed by atoms with Gasteiger partial charge in [0.1, 0.15) is 0 Å². The molecule has 5 nitrogen and oxygen atoms in total. The lowest BCUT2D eigenvalue weighted by molar-refractivity contribution is -0.119. The third-order valence-electron chi connectivity index (χ3n) is 2.43. The second-order valence-electron chi connectivity index (χ2n) is 3.38. The minimum Gasteiger partial charge on any atom is -0.493 e. The first-order valence-electron chi connectivity index (χ1n) is 4.95. The highest BCUT2D eigenvalue weighted by Crippen LogP contribution is 2.32. The molecule has 0 N–H and O–H groups in total. The fraction of sp³-hybridized carbons (Fsp3) is 0.167. The summed E-state index contributed by atoms with van der Waals surface area (Å²) in [4.78, 5) is 24.0. The molecule has 5 heteroatoms. The molecule has 0 saturated carbocycles. The van der Waals surface area contributed by atoms with Gasteiger partial charge in [-0.3, -0.25) is 9.59 Å². The zero-order valence-corrected chi connectivity index (χ0v) is 9.47. The molecule has 1 heterocycles. The molecule has 0 radical (unpaired) electrons. The maximum Gasteiger partial charge on any atom is 0.258 e. The molecule has 0 spiro atoms. The molecule has 88 valence electrons. The van der Waals surface area contributed by atoms with Crippen molar-refractivity contribution < 1.29 is 19.1 Å². The lowest BCUT2D eigenvalue weighted by atomic mass is 10.2. The third-order valence-corrected chi connectivity index (χ3v) is 2.43. The van der Waals surface area contributed by atoms with Gasteiger partial charge in [-0.05, 0) is 12.1 Å². The van der Waals surface area contributed by atoms with Crippen LogP contribution in [0.25, 0.3) is 0 Å². The van der Waals surface area contributed by atoms with Gasteiger partial charge in [-0.1, -0.05) is 0 Å². The summed E-state index contributed by atoms with van der Waals surface area (Å²) >= 11 is 0. The topological polar surface area (TPSA) is 55.8 Å². The average Bonchev–Trinajstić information content (AvgIpc) is 2.68. The Morgan fingerprint density at radius 3 is 2.06 bits per heavy atom. The van der Waals surface area contributed by atoms with Crippen LogP contribution < -0.4 is 14.4 Å². The molecule has 2 rings (SSSR count). The van der Waals surface area contributed by atoms with Crippen molar-refractivity contribution in [3.8, 4) is 11.5 Å². The molecule has 0 atom stereocenters. The van der Waals surface area contributed by atoms with Gasteiger partial charge in [-0.25, -0.2) is 4.90 Å². The van der Waals surface area contributed by atoms with E-state index < -0.39 is 0 Å². The summed E-state index contributed by atoms with van der Waals surface area (Å²) in [6, 6.07) is 4.86. The highest BCUT2D eigenvalue weighted by atomic mass is 16.5. The van der Waals surface area contributed by atoms with Crippen molar-refractivity contribution in [3.05, 3.63) is 30.4 Å². The summed E-state index contributed by atoms with van der Waals surface area (Å²) in [5.74, 6) is 0.297. The van der Waals surface area contributed by atoms with Gasteiger partial charge in [0.15, 0.2) is 11.5 Å². The predicted molar refractivity (Wildman–Crippen MR) is 61.2 cm³/mol. The van der Waals surface area contributed by atoms with Crippen LogP contribution in [0, 0.1) is 0 Å². The van der Waals surface area contributed by atoms with E-state index in [2.05, 4.69) is 0 Å². The molecule has 1 aromatic rings. The van der Waals surface area contributed by atoms with Crippen LogP contribution in [0.1, 0.15) is 0 Å². The Hall–Kier alpha value is -2.30. The van der Waals surface area contributed by atoms with Crippen molar-refractivity contribution in [3.63, 3.8) is 0 Å². The Balaban J connectivity index is 2.40. The minimum atomic E-state index is -0.359. The fourth-order valence-electron chi connectivity index (χ4n) is 1.62. The fourth-order valence-corrected chi connectivity index (χ4v) is 1.62. The molecule has 2 amide bonds. The molecule has 0 fully saturated rings. The number of ether oxygens (including phenoxy) is 2. The van der Waals surface area contributed by atoms with E-state index in [0.29, 0.717) is 17.2 Å². The Labute approximate surface area is 98.2 Å². The number of benzene rings is 1. The summed E-state index contributed by atoms with van der Waals surface area (Å²) < 4.78 is 10.2. The SMILES string of the molecule is COc1ccc(N2C(=O)C=CC2=O)cc1OC. The second kappa shape index (κ2) is 4.29. The first kappa shape index (κ1) is 11.2. The Bertz CT molecular complexity index is 489. The molecule has 1 aromatic carbocycles. The van der Waals surface area contributed by atoms with E-state index in [0.717, 1.165) is 4.90 Å². The number of carbonyl (C=O) groups is 2. The number of amides is 2. The zero-order valence-electron chi connectivity index (χ0n) is 9.47. The Kier molecular flexibility index (Phi) is 2.82. The number of hydrogen-bond donors (Lipinski definition) is 0. The molecule has 0 aromatic heterocycles. The molecule has 0 bridgehead atoms. The van der Waals surface area contributed by atoms with Crippen molar-refractivity contribution >= 4 is 17.5 Å². The van der Waals surface area contributed by atoms with E-state index in [9.17, 15) is 9.59 Å². The van der Waals surface area contributed by atoms with Gasteiger partial charge in [-0.15, -0.1) is 0 Å². The number of rotatable bonds is 3. The summed E-state index contributed by atoms with van der Waals surface area (Å²) in [5, 5.41) is 0. The molecule has 0 aliphatic carbocycles. The van der Waals surface area contributed by atoms with Gasteiger partial charge in [-0.2, -0.15) is 0 Å². The van der Waals surface area contributed by atoms with Crippen LogP contribution in [0.4, 0.5) is 5.69 Å². The summed E-state index contributed by atoms with van der Waals surface area (Å²) in [5.41, 5.74) is 0.461. The maximum atomic E-state index is 11.5. The van der Waals surface area contributed by atoms with Crippen LogP contribution in [0.15, 0.2) is 30.4 Å². The van der Waals surface area contributed by atoms with E-state index in [4.69, 9.17) is 9.47 Å². The number of imide groups is 1. The normalized spacial score (nSPS) is 14.4. The highest BCUT2D eigenvalue weighted by molar-refractivity contribution is 6.28. The van der Waals surface area contributed by atoms with Gasteiger partial charge in [0.2, 0.25) is 0 Å². The number of carbonyl (C=O) groups excluding carboxylic acids is 2. The van der Waals surface area contributed by atoms with Gasteiger partial charge in [0, 0.05) is 18.2 Å². The summed E-state index contributed by atoms with van der Waals surface area (Å²) in [6.07, 6.45) is 2.47. The largest absolute Gasteiger partial charge is 0.493 e. The molecule has 0 unspecified atom stereocenters. The minimum absolute atomic E-state index is 0.359. The van der Waals surface area contributed by atoms with Crippen LogP contribution in [0.5, 0.6) is 11.5 Å². The van der Waals surface area contributed by atoms with Crippen molar-refractivity contribution in [2.45, 2.75) is 0 Å². The monoisotopic (exact) mass is 233 g/mol. The second-order valence-corrected chi connectivity index (χ2v) is 3.38. The van der Waals surface area contributed by atoms with E-state index in [1.165, 1.54) is 26.4 Å². The number of nitrogens with zero attached hydrogens (tertiary/aromatic N) is 1. The average molecular weight is 233 g/mol. The Morgan fingerprint density at radius 2 is 1.53 bits per heavy atom. The first-order chi connectivity index (χ1) is 8.17. The summed E-state index contributed by atoms with van der Waals surface area (Å²) in [6.45, 7) is 0. The van der Waals surface area contributed by atoms with Crippen molar-refractivity contribution in [2.75, 3.05) is 19.1 Å². The molecule has 1 aliphatic rings. The molecule has 17 heavy (non-hydrogen) atoms. The predicted octanol–water partition coefficient (Wildman–Crippen LogP) is 1.13. The van der Waals surface area contributed by atoms with E-state index in [1.807, 2.05) is 0 Å². The van der Waals surface area contributed by atoms with E-state index >= 15 is 0 Å². The molecular weight excluding hydrogens is 222 g/mol. The number of anilines is 1. The summed E-state index contributed by atoms with van der Waals surface area (Å²) in [7, 11) is 3.01. The zero-order chi connectivity index (χ0) is 12.4.